The Hall–Kier alpha value is -1.40. The lowest BCUT2D eigenvalue weighted by Crippen LogP contribution is -2.36. The Kier molecular flexibility index (Phi) is 5.58. The number of hydrogen-bond donors (Lipinski definition) is 1. The van der Waals surface area contributed by atoms with E-state index in [0.717, 1.165) is 31.7 Å². The number of carbonyl (C=O) groups is 1. The monoisotopic (exact) mass is 326 g/mol. The van der Waals surface area contributed by atoms with Gasteiger partial charge in [0.1, 0.15) is 5.60 Å². The lowest BCUT2D eigenvalue weighted by molar-refractivity contribution is 0.0288. The molecule has 6 nitrogen and oxygen atoms in total. The van der Waals surface area contributed by atoms with Crippen LogP contribution in [0.15, 0.2) is 12.1 Å². The molecule has 1 aromatic rings. The number of amides is 1. The fraction of sp³-hybridized carbons (Fsp3) is 0.667. The van der Waals surface area contributed by atoms with Crippen molar-refractivity contribution in [2.75, 3.05) is 19.6 Å². The maximum atomic E-state index is 12.0. The van der Waals surface area contributed by atoms with E-state index in [1.54, 1.807) is 11.0 Å². The number of ether oxygens (including phenoxy) is 1. The maximum absolute atomic E-state index is 12.0. The van der Waals surface area contributed by atoms with Crippen molar-refractivity contribution >= 4 is 17.7 Å². The molecule has 1 unspecified atom stereocenters. The van der Waals surface area contributed by atoms with Gasteiger partial charge in [0.15, 0.2) is 5.15 Å². The van der Waals surface area contributed by atoms with E-state index in [2.05, 4.69) is 15.5 Å². The summed E-state index contributed by atoms with van der Waals surface area (Å²) in [6.07, 6.45) is 0.761. The van der Waals surface area contributed by atoms with Gasteiger partial charge in [-0.3, -0.25) is 0 Å². The van der Waals surface area contributed by atoms with Gasteiger partial charge >= 0.3 is 6.09 Å². The molecule has 0 spiro atoms. The van der Waals surface area contributed by atoms with Crippen molar-refractivity contribution in [3.8, 4) is 0 Å². The summed E-state index contributed by atoms with van der Waals surface area (Å²) in [5, 5.41) is 11.5. The second-order valence-corrected chi connectivity index (χ2v) is 6.95. The summed E-state index contributed by atoms with van der Waals surface area (Å²) in [6.45, 7) is 8.61. The fourth-order valence-electron chi connectivity index (χ4n) is 2.33. The Balaban J connectivity index is 1.70. The van der Waals surface area contributed by atoms with Gasteiger partial charge in [0.05, 0.1) is 5.69 Å². The van der Waals surface area contributed by atoms with Crippen LogP contribution in [0.3, 0.4) is 0 Å². The van der Waals surface area contributed by atoms with Gasteiger partial charge in [0.2, 0.25) is 0 Å². The third-order valence-electron chi connectivity index (χ3n) is 3.36. The minimum atomic E-state index is -0.444. The number of nitrogens with zero attached hydrogens (tertiary/aromatic N) is 3. The summed E-state index contributed by atoms with van der Waals surface area (Å²) >= 11 is 5.70. The minimum absolute atomic E-state index is 0.224. The van der Waals surface area contributed by atoms with E-state index in [4.69, 9.17) is 16.3 Å². The van der Waals surface area contributed by atoms with Crippen LogP contribution < -0.4 is 5.32 Å². The molecule has 2 rings (SSSR count). The highest BCUT2D eigenvalue weighted by Gasteiger charge is 2.29. The van der Waals surface area contributed by atoms with Crippen LogP contribution in [0.4, 0.5) is 4.79 Å². The molecule has 1 N–H and O–H groups in total. The highest BCUT2D eigenvalue weighted by Crippen LogP contribution is 2.19. The van der Waals surface area contributed by atoms with Crippen LogP contribution in [0.25, 0.3) is 0 Å². The molecule has 1 saturated heterocycles. The Morgan fingerprint density at radius 2 is 2.23 bits per heavy atom. The quantitative estimate of drug-likeness (QED) is 0.920. The molecule has 1 aliphatic rings. The van der Waals surface area contributed by atoms with Crippen LogP contribution in [0.5, 0.6) is 0 Å². The Labute approximate surface area is 136 Å². The molecular weight excluding hydrogens is 304 g/mol. The molecule has 1 fully saturated rings. The first-order valence-electron chi connectivity index (χ1n) is 7.50. The van der Waals surface area contributed by atoms with E-state index < -0.39 is 5.60 Å². The normalized spacial score (nSPS) is 18.5. The van der Waals surface area contributed by atoms with Gasteiger partial charge in [-0.25, -0.2) is 4.79 Å². The summed E-state index contributed by atoms with van der Waals surface area (Å²) in [5.41, 5.74) is 0.409. The summed E-state index contributed by atoms with van der Waals surface area (Å²) in [7, 11) is 0. The first-order chi connectivity index (χ1) is 10.3. The summed E-state index contributed by atoms with van der Waals surface area (Å²) in [5.74, 6) is 0.438. The molecule has 1 amide bonds. The number of rotatable bonds is 4. The van der Waals surface area contributed by atoms with E-state index in [-0.39, 0.29) is 6.09 Å². The zero-order chi connectivity index (χ0) is 16.2. The van der Waals surface area contributed by atoms with Crippen molar-refractivity contribution in [3.63, 3.8) is 0 Å². The highest BCUT2D eigenvalue weighted by atomic mass is 35.5. The Bertz CT molecular complexity index is 501. The van der Waals surface area contributed by atoms with Crippen molar-refractivity contribution < 1.29 is 9.53 Å². The van der Waals surface area contributed by atoms with Gasteiger partial charge in [-0.05, 0) is 45.2 Å². The molecule has 2 heterocycles. The molecule has 1 atom stereocenters. The predicted molar refractivity (Wildman–Crippen MR) is 84.7 cm³/mol. The molecule has 0 saturated carbocycles. The molecule has 0 aliphatic carbocycles. The van der Waals surface area contributed by atoms with Crippen LogP contribution in [0.2, 0.25) is 5.15 Å². The lowest BCUT2D eigenvalue weighted by atomic mass is 10.1. The largest absolute Gasteiger partial charge is 0.444 e. The predicted octanol–water partition coefficient (Wildman–Crippen LogP) is 2.48. The van der Waals surface area contributed by atoms with Crippen LogP contribution in [-0.4, -0.2) is 46.4 Å². The number of aromatic nitrogens is 2. The SMILES string of the molecule is CC(C)(C)OC(=O)N1CCC(CNCc2ccc(Cl)nn2)C1. The summed E-state index contributed by atoms with van der Waals surface area (Å²) in [6, 6.07) is 3.58. The average Bonchev–Trinajstić information content (AvgIpc) is 2.88. The topological polar surface area (TPSA) is 67.3 Å². The summed E-state index contributed by atoms with van der Waals surface area (Å²) in [4.78, 5) is 13.8. The van der Waals surface area contributed by atoms with E-state index in [1.165, 1.54) is 0 Å². The van der Waals surface area contributed by atoms with E-state index in [0.29, 0.717) is 17.6 Å². The van der Waals surface area contributed by atoms with Crippen molar-refractivity contribution in [1.29, 1.82) is 0 Å². The number of halogens is 1. The molecule has 0 aromatic carbocycles. The van der Waals surface area contributed by atoms with Gasteiger partial charge in [-0.2, -0.15) is 5.10 Å². The number of nitrogens with one attached hydrogen (secondary N) is 1. The van der Waals surface area contributed by atoms with Crippen molar-refractivity contribution in [2.45, 2.75) is 39.3 Å². The maximum Gasteiger partial charge on any atom is 0.410 e. The first-order valence-corrected chi connectivity index (χ1v) is 7.88. The zero-order valence-corrected chi connectivity index (χ0v) is 14.1. The van der Waals surface area contributed by atoms with Crippen LogP contribution >= 0.6 is 11.6 Å². The lowest BCUT2D eigenvalue weighted by Gasteiger charge is -2.24. The number of likely N-dealkylation sites (tertiary alicyclic amines) is 1. The van der Waals surface area contributed by atoms with Crippen molar-refractivity contribution in [2.24, 2.45) is 5.92 Å². The van der Waals surface area contributed by atoms with Crippen molar-refractivity contribution in [3.05, 3.63) is 23.0 Å². The standard InChI is InChI=1S/C15H23ClN4O2/c1-15(2,3)22-14(21)20-7-6-11(10-20)8-17-9-12-4-5-13(16)19-18-12/h4-5,11,17H,6-10H2,1-3H3. The molecule has 1 aromatic heterocycles. The van der Waals surface area contributed by atoms with E-state index >= 15 is 0 Å². The number of hydrogen-bond acceptors (Lipinski definition) is 5. The Morgan fingerprint density at radius 3 is 2.86 bits per heavy atom. The van der Waals surface area contributed by atoms with Gasteiger partial charge in [-0.15, -0.1) is 5.10 Å². The van der Waals surface area contributed by atoms with E-state index in [9.17, 15) is 4.79 Å². The molecule has 22 heavy (non-hydrogen) atoms. The van der Waals surface area contributed by atoms with Crippen LogP contribution in [0, 0.1) is 5.92 Å². The molecule has 7 heteroatoms. The molecule has 0 radical (unpaired) electrons. The number of carbonyl (C=O) groups excluding carboxylic acids is 1. The van der Waals surface area contributed by atoms with E-state index in [1.807, 2.05) is 26.8 Å². The third kappa shape index (κ3) is 5.42. The van der Waals surface area contributed by atoms with Crippen LogP contribution in [-0.2, 0) is 11.3 Å². The van der Waals surface area contributed by atoms with Crippen molar-refractivity contribution in [1.82, 2.24) is 20.4 Å². The fourth-order valence-corrected chi connectivity index (χ4v) is 2.43. The molecule has 0 bridgehead atoms. The second-order valence-electron chi connectivity index (χ2n) is 6.56. The molecular formula is C15H23ClN4O2. The van der Waals surface area contributed by atoms with Gasteiger partial charge in [0, 0.05) is 26.2 Å². The smallest absolute Gasteiger partial charge is 0.410 e. The third-order valence-corrected chi connectivity index (χ3v) is 3.57. The van der Waals surface area contributed by atoms with Gasteiger partial charge < -0.3 is 15.0 Å². The first kappa shape index (κ1) is 17.0. The molecule has 122 valence electrons. The van der Waals surface area contributed by atoms with Crippen LogP contribution in [0.1, 0.15) is 32.9 Å². The second kappa shape index (κ2) is 7.24. The Morgan fingerprint density at radius 1 is 1.45 bits per heavy atom. The minimum Gasteiger partial charge on any atom is -0.444 e. The van der Waals surface area contributed by atoms with Gasteiger partial charge in [0.25, 0.3) is 0 Å². The highest BCUT2D eigenvalue weighted by molar-refractivity contribution is 6.29. The average molecular weight is 327 g/mol. The zero-order valence-electron chi connectivity index (χ0n) is 13.3. The molecule has 1 aliphatic heterocycles. The van der Waals surface area contributed by atoms with Gasteiger partial charge in [-0.1, -0.05) is 11.6 Å². The summed E-state index contributed by atoms with van der Waals surface area (Å²) < 4.78 is 5.39.